The van der Waals surface area contributed by atoms with Crippen molar-refractivity contribution in [3.05, 3.63) is 24.3 Å². The fraction of sp³-hybridized carbons (Fsp3) is 0.647. The van der Waals surface area contributed by atoms with Crippen LogP contribution in [-0.2, 0) is 0 Å². The van der Waals surface area contributed by atoms with E-state index in [1.165, 1.54) is 49.2 Å². The Labute approximate surface area is 127 Å². The van der Waals surface area contributed by atoms with Crippen LogP contribution in [0.1, 0.15) is 39.0 Å². The van der Waals surface area contributed by atoms with E-state index in [1.807, 2.05) is 11.8 Å². The predicted octanol–water partition coefficient (Wildman–Crippen LogP) is 3.91. The molecule has 0 amide bonds. The maximum Gasteiger partial charge on any atom is 0.0412 e. The quantitative estimate of drug-likeness (QED) is 0.850. The molecule has 110 valence electrons. The van der Waals surface area contributed by atoms with Gasteiger partial charge in [0.25, 0.3) is 0 Å². The van der Waals surface area contributed by atoms with E-state index >= 15 is 0 Å². The number of rotatable bonds is 3. The average Bonchev–Trinajstić information content (AvgIpc) is 2.95. The van der Waals surface area contributed by atoms with Crippen molar-refractivity contribution in [2.75, 3.05) is 24.2 Å². The van der Waals surface area contributed by atoms with Crippen LogP contribution in [0.4, 0.5) is 5.69 Å². The Hall–Kier alpha value is -0.670. The SMILES string of the molecule is CCC1CNC2(CCCC2)CN1c1ccc(SC)cc1. The summed E-state index contributed by atoms with van der Waals surface area (Å²) in [5, 5.41) is 3.87. The van der Waals surface area contributed by atoms with Gasteiger partial charge in [0.05, 0.1) is 0 Å². The number of piperazine rings is 1. The van der Waals surface area contributed by atoms with Crippen molar-refractivity contribution in [3.63, 3.8) is 0 Å². The van der Waals surface area contributed by atoms with Crippen LogP contribution in [-0.4, -0.2) is 30.9 Å². The predicted molar refractivity (Wildman–Crippen MR) is 88.8 cm³/mol. The summed E-state index contributed by atoms with van der Waals surface area (Å²) in [6.45, 7) is 4.63. The Morgan fingerprint density at radius 2 is 1.95 bits per heavy atom. The van der Waals surface area contributed by atoms with E-state index in [0.717, 1.165) is 6.54 Å². The van der Waals surface area contributed by atoms with Gasteiger partial charge in [0.15, 0.2) is 0 Å². The number of thioether (sulfide) groups is 1. The zero-order chi connectivity index (χ0) is 14.0. The standard InChI is InChI=1S/C17H26N2S/c1-3-14-12-18-17(10-4-5-11-17)13-19(14)15-6-8-16(20-2)9-7-15/h6-9,14,18H,3-5,10-13H2,1-2H3. The zero-order valence-corrected chi connectivity index (χ0v) is 13.5. The minimum Gasteiger partial charge on any atom is -0.365 e. The van der Waals surface area contributed by atoms with Gasteiger partial charge in [-0.15, -0.1) is 11.8 Å². The highest BCUT2D eigenvalue weighted by Crippen LogP contribution is 2.35. The molecule has 3 rings (SSSR count). The zero-order valence-electron chi connectivity index (χ0n) is 12.7. The first-order chi connectivity index (χ1) is 9.76. The lowest BCUT2D eigenvalue weighted by Crippen LogP contribution is -2.63. The maximum atomic E-state index is 3.87. The molecule has 0 aromatic heterocycles. The molecule has 0 bridgehead atoms. The minimum absolute atomic E-state index is 0.393. The molecule has 1 spiro atoms. The molecule has 1 saturated carbocycles. The summed E-state index contributed by atoms with van der Waals surface area (Å²) in [4.78, 5) is 4.01. The van der Waals surface area contributed by atoms with Crippen LogP contribution in [0.2, 0.25) is 0 Å². The lowest BCUT2D eigenvalue weighted by atomic mass is 9.91. The van der Waals surface area contributed by atoms with Gasteiger partial charge >= 0.3 is 0 Å². The lowest BCUT2D eigenvalue weighted by Gasteiger charge is -2.47. The second-order valence-corrected chi connectivity index (χ2v) is 7.14. The number of nitrogens with zero attached hydrogens (tertiary/aromatic N) is 1. The van der Waals surface area contributed by atoms with Crippen LogP contribution >= 0.6 is 11.8 Å². The second kappa shape index (κ2) is 5.98. The van der Waals surface area contributed by atoms with E-state index in [-0.39, 0.29) is 0 Å². The lowest BCUT2D eigenvalue weighted by molar-refractivity contribution is 0.267. The van der Waals surface area contributed by atoms with Crippen LogP contribution < -0.4 is 10.2 Å². The highest BCUT2D eigenvalue weighted by atomic mass is 32.2. The molecule has 1 aromatic carbocycles. The molecule has 1 saturated heterocycles. The van der Waals surface area contributed by atoms with Crippen LogP contribution in [0.3, 0.4) is 0 Å². The van der Waals surface area contributed by atoms with E-state index < -0.39 is 0 Å². The van der Waals surface area contributed by atoms with Crippen molar-refractivity contribution in [1.29, 1.82) is 0 Å². The van der Waals surface area contributed by atoms with Gasteiger partial charge in [0, 0.05) is 35.3 Å². The monoisotopic (exact) mass is 290 g/mol. The molecule has 1 heterocycles. The molecular formula is C17H26N2S. The van der Waals surface area contributed by atoms with Crippen molar-refractivity contribution in [2.45, 2.75) is 55.5 Å². The normalized spacial score (nSPS) is 25.3. The Morgan fingerprint density at radius 1 is 1.25 bits per heavy atom. The smallest absolute Gasteiger partial charge is 0.0412 e. The summed E-state index contributed by atoms with van der Waals surface area (Å²) in [7, 11) is 0. The number of hydrogen-bond acceptors (Lipinski definition) is 3. The highest BCUT2D eigenvalue weighted by molar-refractivity contribution is 7.98. The van der Waals surface area contributed by atoms with Gasteiger partial charge in [0.2, 0.25) is 0 Å². The van der Waals surface area contributed by atoms with Crippen molar-refractivity contribution in [2.24, 2.45) is 0 Å². The molecule has 2 fully saturated rings. The van der Waals surface area contributed by atoms with E-state index in [4.69, 9.17) is 0 Å². The molecule has 2 aliphatic rings. The van der Waals surface area contributed by atoms with E-state index in [1.54, 1.807) is 0 Å². The van der Waals surface area contributed by atoms with Gasteiger partial charge in [-0.25, -0.2) is 0 Å². The summed E-state index contributed by atoms with van der Waals surface area (Å²) >= 11 is 1.82. The number of benzene rings is 1. The number of nitrogens with one attached hydrogen (secondary N) is 1. The Kier molecular flexibility index (Phi) is 4.27. The maximum absolute atomic E-state index is 3.87. The van der Waals surface area contributed by atoms with Crippen molar-refractivity contribution >= 4 is 17.4 Å². The fourth-order valence-corrected chi connectivity index (χ4v) is 4.19. The average molecular weight is 290 g/mol. The summed E-state index contributed by atoms with van der Waals surface area (Å²) < 4.78 is 0. The molecule has 1 atom stereocenters. The number of hydrogen-bond donors (Lipinski definition) is 1. The molecule has 3 heteroatoms. The third-order valence-corrected chi connectivity index (χ3v) is 5.81. The van der Waals surface area contributed by atoms with Crippen molar-refractivity contribution in [1.82, 2.24) is 5.32 Å². The fourth-order valence-electron chi connectivity index (χ4n) is 3.78. The largest absolute Gasteiger partial charge is 0.365 e. The van der Waals surface area contributed by atoms with Gasteiger partial charge in [-0.3, -0.25) is 0 Å². The molecule has 1 aliphatic heterocycles. The molecule has 1 unspecified atom stereocenters. The molecule has 1 aliphatic carbocycles. The van der Waals surface area contributed by atoms with Crippen LogP contribution in [0.5, 0.6) is 0 Å². The van der Waals surface area contributed by atoms with Gasteiger partial charge in [-0.1, -0.05) is 19.8 Å². The topological polar surface area (TPSA) is 15.3 Å². The van der Waals surface area contributed by atoms with Gasteiger partial charge in [-0.2, -0.15) is 0 Å². The first-order valence-electron chi connectivity index (χ1n) is 7.92. The third kappa shape index (κ3) is 2.71. The second-order valence-electron chi connectivity index (χ2n) is 6.26. The molecule has 0 radical (unpaired) electrons. The van der Waals surface area contributed by atoms with Gasteiger partial charge in [-0.05, 0) is 49.8 Å². The van der Waals surface area contributed by atoms with Crippen LogP contribution in [0, 0.1) is 0 Å². The Morgan fingerprint density at radius 3 is 2.55 bits per heavy atom. The highest BCUT2D eigenvalue weighted by Gasteiger charge is 2.40. The third-order valence-electron chi connectivity index (χ3n) is 5.06. The minimum atomic E-state index is 0.393. The van der Waals surface area contributed by atoms with E-state index in [9.17, 15) is 0 Å². The summed E-state index contributed by atoms with van der Waals surface area (Å²) in [5.74, 6) is 0. The van der Waals surface area contributed by atoms with Crippen molar-refractivity contribution in [3.8, 4) is 0 Å². The van der Waals surface area contributed by atoms with E-state index in [0.29, 0.717) is 11.6 Å². The van der Waals surface area contributed by atoms with Gasteiger partial charge in [0.1, 0.15) is 0 Å². The van der Waals surface area contributed by atoms with E-state index in [2.05, 4.69) is 47.7 Å². The van der Waals surface area contributed by atoms with Gasteiger partial charge < -0.3 is 10.2 Å². The molecule has 20 heavy (non-hydrogen) atoms. The molecular weight excluding hydrogens is 264 g/mol. The first-order valence-corrected chi connectivity index (χ1v) is 9.14. The van der Waals surface area contributed by atoms with Crippen LogP contribution in [0.25, 0.3) is 0 Å². The summed E-state index contributed by atoms with van der Waals surface area (Å²) in [6.07, 6.45) is 8.84. The Balaban J connectivity index is 1.82. The van der Waals surface area contributed by atoms with Crippen molar-refractivity contribution < 1.29 is 0 Å². The summed E-state index contributed by atoms with van der Waals surface area (Å²) in [6, 6.07) is 9.78. The molecule has 1 aromatic rings. The molecule has 1 N–H and O–H groups in total. The summed E-state index contributed by atoms with van der Waals surface area (Å²) in [5.41, 5.74) is 1.80. The Bertz CT molecular complexity index is 437. The molecule has 2 nitrogen and oxygen atoms in total. The first kappa shape index (κ1) is 14.3. The number of anilines is 1. The van der Waals surface area contributed by atoms with Crippen LogP contribution in [0.15, 0.2) is 29.2 Å².